The van der Waals surface area contributed by atoms with E-state index in [1.165, 1.54) is 6.07 Å². The number of halogens is 4. The topological polar surface area (TPSA) is 26.3 Å². The summed E-state index contributed by atoms with van der Waals surface area (Å²) in [6.45, 7) is 1.59. The highest BCUT2D eigenvalue weighted by Crippen LogP contribution is 2.31. The highest BCUT2D eigenvalue weighted by Gasteiger charge is 2.19. The first-order valence-corrected chi connectivity index (χ1v) is 7.54. The molecule has 0 radical (unpaired) electrons. The molecule has 110 valence electrons. The minimum atomic E-state index is -0.775. The largest absolute Gasteiger partial charge is 0.481 e. The van der Waals surface area contributed by atoms with E-state index in [-0.39, 0.29) is 16.6 Å². The lowest BCUT2D eigenvalue weighted by Gasteiger charge is -2.15. The number of hydrogen-bond acceptors (Lipinski definition) is 2. The van der Waals surface area contributed by atoms with Gasteiger partial charge in [-0.25, -0.2) is 4.39 Å². The summed E-state index contributed by atoms with van der Waals surface area (Å²) in [6.07, 6.45) is -0.775. The molecule has 21 heavy (non-hydrogen) atoms. The normalized spacial score (nSPS) is 12.0. The van der Waals surface area contributed by atoms with Gasteiger partial charge in [0, 0.05) is 16.7 Å². The molecule has 0 N–H and O–H groups in total. The van der Waals surface area contributed by atoms with Crippen molar-refractivity contribution in [2.75, 3.05) is 0 Å². The van der Waals surface area contributed by atoms with E-state index in [2.05, 4.69) is 15.9 Å². The van der Waals surface area contributed by atoms with Gasteiger partial charge in [0.05, 0.1) is 9.50 Å². The summed E-state index contributed by atoms with van der Waals surface area (Å²) in [5, 5.41) is 0.522. The molecule has 0 spiro atoms. The van der Waals surface area contributed by atoms with E-state index in [0.717, 1.165) is 6.07 Å². The average Bonchev–Trinajstić information content (AvgIpc) is 2.44. The van der Waals surface area contributed by atoms with E-state index in [0.29, 0.717) is 15.1 Å². The van der Waals surface area contributed by atoms with Gasteiger partial charge in [-0.1, -0.05) is 23.2 Å². The molecule has 0 aliphatic rings. The number of rotatable bonds is 4. The van der Waals surface area contributed by atoms with Crippen LogP contribution < -0.4 is 4.74 Å². The molecule has 0 amide bonds. The molecule has 0 saturated heterocycles. The van der Waals surface area contributed by atoms with Crippen molar-refractivity contribution >= 4 is 44.9 Å². The van der Waals surface area contributed by atoms with E-state index in [4.69, 9.17) is 27.9 Å². The Labute approximate surface area is 139 Å². The van der Waals surface area contributed by atoms with Gasteiger partial charge in [-0.3, -0.25) is 4.79 Å². The lowest BCUT2D eigenvalue weighted by molar-refractivity contribution is 0.0816. The zero-order valence-corrected chi connectivity index (χ0v) is 14.0. The first-order chi connectivity index (χ1) is 9.88. The van der Waals surface area contributed by atoms with Crippen molar-refractivity contribution in [1.29, 1.82) is 0 Å². The SMILES string of the molecule is CC(Oc1cc(F)c(Cl)cc1Br)C(=O)c1ccc(Cl)cc1. The number of benzene rings is 2. The zero-order chi connectivity index (χ0) is 15.6. The van der Waals surface area contributed by atoms with Gasteiger partial charge in [-0.2, -0.15) is 0 Å². The molecule has 0 saturated carbocycles. The molecule has 0 bridgehead atoms. The number of hydrogen-bond donors (Lipinski definition) is 0. The molecular formula is C15H10BrCl2FO2. The van der Waals surface area contributed by atoms with Crippen molar-refractivity contribution in [3.05, 3.63) is 62.3 Å². The van der Waals surface area contributed by atoms with Gasteiger partial charge in [0.15, 0.2) is 6.10 Å². The Morgan fingerprint density at radius 1 is 1.24 bits per heavy atom. The Morgan fingerprint density at radius 2 is 1.86 bits per heavy atom. The summed E-state index contributed by atoms with van der Waals surface area (Å²) in [4.78, 5) is 12.2. The minimum absolute atomic E-state index is 0.0223. The maximum absolute atomic E-state index is 13.4. The van der Waals surface area contributed by atoms with Gasteiger partial charge < -0.3 is 4.74 Å². The smallest absolute Gasteiger partial charge is 0.202 e. The van der Waals surface area contributed by atoms with E-state index < -0.39 is 11.9 Å². The second-order valence-corrected chi connectivity index (χ2v) is 6.03. The molecule has 2 rings (SSSR count). The molecule has 0 fully saturated rings. The third-order valence-corrected chi connectivity index (χ3v) is 3.94. The first kappa shape index (κ1) is 16.3. The Bertz CT molecular complexity index is 674. The van der Waals surface area contributed by atoms with Crippen molar-refractivity contribution in [1.82, 2.24) is 0 Å². The average molecular weight is 392 g/mol. The molecule has 0 heterocycles. The molecule has 0 aliphatic heterocycles. The number of carbonyl (C=O) groups is 1. The lowest BCUT2D eigenvalue weighted by atomic mass is 10.1. The quantitative estimate of drug-likeness (QED) is 0.504. The molecular weight excluding hydrogens is 382 g/mol. The van der Waals surface area contributed by atoms with Crippen LogP contribution in [-0.4, -0.2) is 11.9 Å². The van der Waals surface area contributed by atoms with Crippen molar-refractivity contribution in [3.63, 3.8) is 0 Å². The molecule has 2 aromatic rings. The van der Waals surface area contributed by atoms with E-state index in [1.807, 2.05) is 0 Å². The van der Waals surface area contributed by atoms with Crippen LogP contribution in [0.1, 0.15) is 17.3 Å². The van der Waals surface area contributed by atoms with Crippen LogP contribution in [0.2, 0.25) is 10.0 Å². The Balaban J connectivity index is 2.18. The second-order valence-electron chi connectivity index (χ2n) is 4.33. The molecule has 2 nitrogen and oxygen atoms in total. The van der Waals surface area contributed by atoms with Crippen molar-refractivity contribution in [2.24, 2.45) is 0 Å². The van der Waals surface area contributed by atoms with E-state index in [9.17, 15) is 9.18 Å². The van der Waals surface area contributed by atoms with Crippen LogP contribution in [0.4, 0.5) is 4.39 Å². The highest BCUT2D eigenvalue weighted by atomic mass is 79.9. The van der Waals surface area contributed by atoms with Gasteiger partial charge in [-0.15, -0.1) is 0 Å². The van der Waals surface area contributed by atoms with E-state index >= 15 is 0 Å². The molecule has 1 unspecified atom stereocenters. The Morgan fingerprint density at radius 3 is 2.48 bits per heavy atom. The predicted octanol–water partition coefficient (Wildman–Crippen LogP) is 5.55. The van der Waals surface area contributed by atoms with Crippen LogP contribution in [0.3, 0.4) is 0 Å². The Hall–Kier alpha value is -1.10. The maximum atomic E-state index is 13.4. The van der Waals surface area contributed by atoms with Crippen LogP contribution in [-0.2, 0) is 0 Å². The van der Waals surface area contributed by atoms with Gasteiger partial charge in [-0.05, 0) is 53.2 Å². The summed E-state index contributed by atoms with van der Waals surface area (Å²) in [5.74, 6) is -0.623. The second kappa shape index (κ2) is 6.77. The third kappa shape index (κ3) is 3.96. The monoisotopic (exact) mass is 390 g/mol. The fourth-order valence-electron chi connectivity index (χ4n) is 1.69. The van der Waals surface area contributed by atoms with Crippen LogP contribution in [0.25, 0.3) is 0 Å². The standard InChI is InChI=1S/C15H10BrCl2FO2/c1-8(15(20)9-2-4-10(17)5-3-9)21-14-7-13(19)12(18)6-11(14)16/h2-8H,1H3. The fourth-order valence-corrected chi connectivity index (χ4v) is 2.55. The van der Waals surface area contributed by atoms with Crippen LogP contribution in [0.15, 0.2) is 40.9 Å². The maximum Gasteiger partial charge on any atom is 0.202 e. The lowest BCUT2D eigenvalue weighted by Crippen LogP contribution is -2.24. The number of Topliss-reactive ketones (excluding diaryl/α,β-unsaturated/α-hetero) is 1. The summed E-state index contributed by atoms with van der Waals surface area (Å²) < 4.78 is 19.4. The summed E-state index contributed by atoms with van der Waals surface area (Å²) in [7, 11) is 0. The summed E-state index contributed by atoms with van der Waals surface area (Å²) in [5.41, 5.74) is 0.470. The molecule has 1 atom stereocenters. The van der Waals surface area contributed by atoms with Crippen LogP contribution >= 0.6 is 39.1 Å². The molecule has 0 aliphatic carbocycles. The fraction of sp³-hybridized carbons (Fsp3) is 0.133. The van der Waals surface area contributed by atoms with Gasteiger partial charge >= 0.3 is 0 Å². The van der Waals surface area contributed by atoms with Crippen LogP contribution in [0.5, 0.6) is 5.75 Å². The number of ketones is 1. The number of carbonyl (C=O) groups excluding carboxylic acids is 1. The van der Waals surface area contributed by atoms with Gasteiger partial charge in [0.25, 0.3) is 0 Å². The minimum Gasteiger partial charge on any atom is -0.481 e. The van der Waals surface area contributed by atoms with Gasteiger partial charge in [0.2, 0.25) is 5.78 Å². The zero-order valence-electron chi connectivity index (χ0n) is 10.9. The van der Waals surface area contributed by atoms with Crippen LogP contribution in [0, 0.1) is 5.82 Å². The highest BCUT2D eigenvalue weighted by molar-refractivity contribution is 9.10. The van der Waals surface area contributed by atoms with Crippen molar-refractivity contribution in [2.45, 2.75) is 13.0 Å². The van der Waals surface area contributed by atoms with E-state index in [1.54, 1.807) is 31.2 Å². The number of ether oxygens (including phenoxy) is 1. The Kier molecular flexibility index (Phi) is 5.25. The summed E-state index contributed by atoms with van der Waals surface area (Å²) in [6, 6.07) is 8.99. The summed E-state index contributed by atoms with van der Waals surface area (Å²) >= 11 is 14.7. The van der Waals surface area contributed by atoms with Gasteiger partial charge in [0.1, 0.15) is 11.6 Å². The molecule has 0 aromatic heterocycles. The molecule has 6 heteroatoms. The first-order valence-electron chi connectivity index (χ1n) is 5.99. The third-order valence-electron chi connectivity index (χ3n) is 2.78. The van der Waals surface area contributed by atoms with Crippen molar-refractivity contribution in [3.8, 4) is 5.75 Å². The predicted molar refractivity (Wildman–Crippen MR) is 85.0 cm³/mol. The van der Waals surface area contributed by atoms with Crippen molar-refractivity contribution < 1.29 is 13.9 Å². The molecule has 2 aromatic carbocycles.